The van der Waals surface area contributed by atoms with E-state index in [0.717, 1.165) is 25.7 Å². The van der Waals surface area contributed by atoms with Gasteiger partial charge in [0.1, 0.15) is 0 Å². The molecule has 0 aliphatic rings. The Kier molecular flexibility index (Phi) is 7.32. The molecule has 0 atom stereocenters. The van der Waals surface area contributed by atoms with Crippen LogP contribution < -0.4 is 5.32 Å². The van der Waals surface area contributed by atoms with Crippen molar-refractivity contribution >= 4 is 11.9 Å². The zero-order chi connectivity index (χ0) is 11.7. The van der Waals surface area contributed by atoms with Crippen LogP contribution >= 0.6 is 0 Å². The van der Waals surface area contributed by atoms with Gasteiger partial charge in [0.2, 0.25) is 0 Å². The molecule has 0 fully saturated rings. The van der Waals surface area contributed by atoms with Gasteiger partial charge in [-0.15, -0.1) is 0 Å². The van der Waals surface area contributed by atoms with Gasteiger partial charge in [0.25, 0.3) is 0 Å². The second kappa shape index (κ2) is 8.03. The highest BCUT2D eigenvalue weighted by molar-refractivity contribution is 5.97. The van der Waals surface area contributed by atoms with Gasteiger partial charge in [-0.2, -0.15) is 0 Å². The maximum absolute atomic E-state index is 11.5. The second-order valence-corrected chi connectivity index (χ2v) is 3.37. The molecule has 0 saturated carbocycles. The minimum absolute atomic E-state index is 0.129. The summed E-state index contributed by atoms with van der Waals surface area (Å²) in [5.41, 5.74) is 0.180. The van der Waals surface area contributed by atoms with Crippen molar-refractivity contribution < 1.29 is 14.7 Å². The molecule has 1 amide bonds. The summed E-state index contributed by atoms with van der Waals surface area (Å²) in [6.07, 6.45) is 4.81. The standard InChI is InChI=1S/C11H19NO3/c1-3-5-6-7-8-10(13)9(4-2)12-11(14)15/h4,12H,3,5-8H2,1-2H3,(H,14,15). The first-order valence-electron chi connectivity index (χ1n) is 5.31. The number of ketones is 1. The average Bonchev–Trinajstić information content (AvgIpc) is 2.20. The Morgan fingerprint density at radius 3 is 2.40 bits per heavy atom. The number of unbranched alkanes of at least 4 members (excludes halogenated alkanes) is 3. The summed E-state index contributed by atoms with van der Waals surface area (Å²) in [7, 11) is 0. The Labute approximate surface area is 90.4 Å². The minimum atomic E-state index is -1.19. The number of rotatable bonds is 7. The molecule has 0 radical (unpaired) electrons. The van der Waals surface area contributed by atoms with E-state index in [-0.39, 0.29) is 11.5 Å². The molecule has 0 rings (SSSR count). The summed E-state index contributed by atoms with van der Waals surface area (Å²) in [5, 5.41) is 10.6. The molecule has 0 heterocycles. The van der Waals surface area contributed by atoms with E-state index < -0.39 is 6.09 Å². The number of hydrogen-bond acceptors (Lipinski definition) is 2. The van der Waals surface area contributed by atoms with E-state index in [1.165, 1.54) is 6.08 Å². The zero-order valence-electron chi connectivity index (χ0n) is 9.38. The molecule has 0 unspecified atom stereocenters. The third-order valence-corrected chi connectivity index (χ3v) is 2.09. The molecule has 86 valence electrons. The summed E-state index contributed by atoms with van der Waals surface area (Å²) in [6.45, 7) is 3.75. The maximum Gasteiger partial charge on any atom is 0.409 e. The number of hydrogen-bond donors (Lipinski definition) is 2. The summed E-state index contributed by atoms with van der Waals surface area (Å²) < 4.78 is 0. The van der Waals surface area contributed by atoms with Crippen LogP contribution in [0, 0.1) is 0 Å². The predicted molar refractivity (Wildman–Crippen MR) is 58.7 cm³/mol. The number of Topliss-reactive ketones (excluding diaryl/α,β-unsaturated/α-hetero) is 1. The van der Waals surface area contributed by atoms with E-state index in [1.54, 1.807) is 6.92 Å². The molecule has 4 nitrogen and oxygen atoms in total. The third kappa shape index (κ3) is 6.71. The Morgan fingerprint density at radius 1 is 1.27 bits per heavy atom. The largest absolute Gasteiger partial charge is 0.465 e. The normalized spacial score (nSPS) is 11.2. The van der Waals surface area contributed by atoms with Crippen molar-refractivity contribution in [2.24, 2.45) is 0 Å². The van der Waals surface area contributed by atoms with Gasteiger partial charge in [0.05, 0.1) is 5.70 Å². The van der Waals surface area contributed by atoms with E-state index >= 15 is 0 Å². The number of carboxylic acid groups (broad SMARTS) is 1. The van der Waals surface area contributed by atoms with Gasteiger partial charge in [-0.3, -0.25) is 10.1 Å². The van der Waals surface area contributed by atoms with Gasteiger partial charge in [0.15, 0.2) is 5.78 Å². The van der Waals surface area contributed by atoms with Crippen molar-refractivity contribution in [1.82, 2.24) is 5.32 Å². The average molecular weight is 213 g/mol. The molecular weight excluding hydrogens is 194 g/mol. The fourth-order valence-electron chi connectivity index (χ4n) is 1.27. The first-order chi connectivity index (χ1) is 7.11. The van der Waals surface area contributed by atoms with Crippen LogP contribution in [0.5, 0.6) is 0 Å². The zero-order valence-corrected chi connectivity index (χ0v) is 9.38. The van der Waals surface area contributed by atoms with Gasteiger partial charge in [0, 0.05) is 6.42 Å². The smallest absolute Gasteiger partial charge is 0.409 e. The number of nitrogens with one attached hydrogen (secondary N) is 1. The number of amides is 1. The van der Waals surface area contributed by atoms with Crippen LogP contribution in [-0.2, 0) is 4.79 Å². The lowest BCUT2D eigenvalue weighted by Gasteiger charge is -2.05. The summed E-state index contributed by atoms with van der Waals surface area (Å²) in [6, 6.07) is 0. The van der Waals surface area contributed by atoms with E-state index in [2.05, 4.69) is 12.2 Å². The Bertz CT molecular complexity index is 246. The lowest BCUT2D eigenvalue weighted by molar-refractivity contribution is -0.116. The van der Waals surface area contributed by atoms with E-state index in [1.807, 2.05) is 0 Å². The summed E-state index contributed by atoms with van der Waals surface area (Å²) in [4.78, 5) is 21.8. The van der Waals surface area contributed by atoms with E-state index in [4.69, 9.17) is 5.11 Å². The van der Waals surface area contributed by atoms with Crippen molar-refractivity contribution in [3.8, 4) is 0 Å². The van der Waals surface area contributed by atoms with Crippen LogP contribution in [-0.4, -0.2) is 17.0 Å². The van der Waals surface area contributed by atoms with Crippen molar-refractivity contribution in [3.05, 3.63) is 11.8 Å². The lowest BCUT2D eigenvalue weighted by atomic mass is 10.1. The fourth-order valence-corrected chi connectivity index (χ4v) is 1.27. The summed E-state index contributed by atoms with van der Waals surface area (Å²) in [5.74, 6) is -0.129. The monoisotopic (exact) mass is 213 g/mol. The first kappa shape index (κ1) is 13.7. The Balaban J connectivity index is 3.90. The quantitative estimate of drug-likeness (QED) is 0.504. The molecule has 4 heteroatoms. The highest BCUT2D eigenvalue weighted by Crippen LogP contribution is 2.06. The van der Waals surface area contributed by atoms with Gasteiger partial charge in [-0.05, 0) is 13.3 Å². The van der Waals surface area contributed by atoms with Crippen molar-refractivity contribution in [3.63, 3.8) is 0 Å². The van der Waals surface area contributed by atoms with Crippen LogP contribution in [0.2, 0.25) is 0 Å². The molecule has 0 spiro atoms. The van der Waals surface area contributed by atoms with E-state index in [9.17, 15) is 9.59 Å². The lowest BCUT2D eigenvalue weighted by Crippen LogP contribution is -2.25. The Morgan fingerprint density at radius 2 is 1.93 bits per heavy atom. The van der Waals surface area contributed by atoms with Crippen LogP contribution in [0.3, 0.4) is 0 Å². The summed E-state index contributed by atoms with van der Waals surface area (Å²) >= 11 is 0. The van der Waals surface area contributed by atoms with Gasteiger partial charge >= 0.3 is 6.09 Å². The molecule has 2 N–H and O–H groups in total. The molecule has 0 bridgehead atoms. The van der Waals surface area contributed by atoms with E-state index in [0.29, 0.717) is 6.42 Å². The van der Waals surface area contributed by atoms with Crippen molar-refractivity contribution in [2.75, 3.05) is 0 Å². The number of carbonyl (C=O) groups is 2. The molecule has 0 aromatic carbocycles. The molecule has 0 aromatic heterocycles. The second-order valence-electron chi connectivity index (χ2n) is 3.37. The Hall–Kier alpha value is -1.32. The van der Waals surface area contributed by atoms with Gasteiger partial charge in [-0.1, -0.05) is 32.3 Å². The molecule has 0 aliphatic heterocycles. The maximum atomic E-state index is 11.5. The van der Waals surface area contributed by atoms with Gasteiger partial charge in [-0.25, -0.2) is 4.79 Å². The molecule has 0 aromatic rings. The molecule has 15 heavy (non-hydrogen) atoms. The van der Waals surface area contributed by atoms with Crippen molar-refractivity contribution in [2.45, 2.75) is 46.0 Å². The SMILES string of the molecule is CC=C(NC(=O)O)C(=O)CCCCCC. The van der Waals surface area contributed by atoms with Crippen LogP contribution in [0.25, 0.3) is 0 Å². The molecule has 0 saturated heterocycles. The third-order valence-electron chi connectivity index (χ3n) is 2.09. The number of allylic oxidation sites excluding steroid dienone is 2. The van der Waals surface area contributed by atoms with Gasteiger partial charge < -0.3 is 5.11 Å². The molecule has 0 aliphatic carbocycles. The molecular formula is C11H19NO3. The highest BCUT2D eigenvalue weighted by atomic mass is 16.4. The minimum Gasteiger partial charge on any atom is -0.465 e. The predicted octanol–water partition coefficient (Wildman–Crippen LogP) is 2.70. The fraction of sp³-hybridized carbons (Fsp3) is 0.636. The highest BCUT2D eigenvalue weighted by Gasteiger charge is 2.10. The topological polar surface area (TPSA) is 66.4 Å². The van der Waals surface area contributed by atoms with Crippen LogP contribution in [0.4, 0.5) is 4.79 Å². The van der Waals surface area contributed by atoms with Crippen molar-refractivity contribution in [1.29, 1.82) is 0 Å². The van der Waals surface area contributed by atoms with Crippen LogP contribution in [0.15, 0.2) is 11.8 Å². The first-order valence-corrected chi connectivity index (χ1v) is 5.31. The number of carbonyl (C=O) groups excluding carboxylic acids is 1. The van der Waals surface area contributed by atoms with Crippen LogP contribution in [0.1, 0.15) is 46.0 Å².